The molecule has 1 aliphatic rings. The number of alkyl carbamates (subject to hydrolysis) is 1. The lowest BCUT2D eigenvalue weighted by molar-refractivity contribution is -0.113. The van der Waals surface area contributed by atoms with Gasteiger partial charge in [0.15, 0.2) is 0 Å². The molecule has 5 heteroatoms. The van der Waals surface area contributed by atoms with Crippen molar-refractivity contribution in [1.82, 2.24) is 5.32 Å². The summed E-state index contributed by atoms with van der Waals surface area (Å²) in [5, 5.41) is 2.69. The topological polar surface area (TPSA) is 58.6 Å². The first-order valence-electron chi connectivity index (χ1n) is 8.04. The molecule has 1 aromatic carbocycles. The summed E-state index contributed by atoms with van der Waals surface area (Å²) in [6.45, 7) is 11.2. The Morgan fingerprint density at radius 1 is 1.35 bits per heavy atom. The third kappa shape index (κ3) is 3.84. The predicted molar refractivity (Wildman–Crippen MR) is 90.8 cm³/mol. The highest BCUT2D eigenvalue weighted by molar-refractivity contribution is 5.78. The normalized spacial score (nSPS) is 16.5. The van der Waals surface area contributed by atoms with Gasteiger partial charge in [-0.1, -0.05) is 12.1 Å². The molecule has 0 aromatic heterocycles. The molecule has 1 aromatic rings. The summed E-state index contributed by atoms with van der Waals surface area (Å²) < 4.78 is 5.27. The van der Waals surface area contributed by atoms with Gasteiger partial charge in [0.2, 0.25) is 0 Å². The van der Waals surface area contributed by atoms with Crippen molar-refractivity contribution in [3.8, 4) is 0 Å². The number of nitrogens with one attached hydrogen (secondary N) is 1. The van der Waals surface area contributed by atoms with E-state index in [-0.39, 0.29) is 0 Å². The average molecular weight is 318 g/mol. The van der Waals surface area contributed by atoms with Crippen molar-refractivity contribution < 1.29 is 14.3 Å². The third-order valence-corrected chi connectivity index (χ3v) is 4.05. The Morgan fingerprint density at radius 3 is 2.61 bits per heavy atom. The van der Waals surface area contributed by atoms with E-state index in [1.807, 2.05) is 18.2 Å². The van der Waals surface area contributed by atoms with Crippen LogP contribution < -0.4 is 10.2 Å². The molecule has 0 radical (unpaired) electrons. The number of amides is 1. The highest BCUT2D eigenvalue weighted by Crippen LogP contribution is 2.31. The molecular formula is C18H26N2O3. The number of rotatable bonds is 4. The molecule has 1 N–H and O–H groups in total. The number of fused-ring (bicyclic) bond motifs is 1. The Hall–Kier alpha value is -2.04. The van der Waals surface area contributed by atoms with Crippen LogP contribution >= 0.6 is 0 Å². The van der Waals surface area contributed by atoms with Gasteiger partial charge in [0.25, 0.3) is 0 Å². The van der Waals surface area contributed by atoms with Crippen LogP contribution in [0.15, 0.2) is 18.2 Å². The number of carbonyl (C=O) groups excluding carboxylic acids is 2. The lowest BCUT2D eigenvalue weighted by Crippen LogP contribution is -2.47. The van der Waals surface area contributed by atoms with E-state index in [9.17, 15) is 9.59 Å². The number of benzene rings is 1. The van der Waals surface area contributed by atoms with Crippen molar-refractivity contribution in [2.75, 3.05) is 18.0 Å². The first kappa shape index (κ1) is 17.3. The van der Waals surface area contributed by atoms with Crippen LogP contribution in [-0.2, 0) is 21.5 Å². The number of anilines is 1. The summed E-state index contributed by atoms with van der Waals surface area (Å²) in [5.74, 6) is 0. The largest absolute Gasteiger partial charge is 0.444 e. The van der Waals surface area contributed by atoms with Crippen LogP contribution in [0.5, 0.6) is 0 Å². The first-order chi connectivity index (χ1) is 10.7. The number of likely N-dealkylation sites (N-methyl/N-ethyl adjacent to an activating group) is 1. The van der Waals surface area contributed by atoms with Crippen LogP contribution in [0.4, 0.5) is 10.5 Å². The molecule has 1 heterocycles. The number of ether oxygens (including phenoxy) is 1. The molecule has 0 fully saturated rings. The quantitative estimate of drug-likeness (QED) is 0.867. The van der Waals surface area contributed by atoms with Crippen molar-refractivity contribution in [3.05, 3.63) is 29.3 Å². The molecule has 0 spiro atoms. The molecule has 1 aliphatic heterocycles. The maximum Gasteiger partial charge on any atom is 0.408 e. The molecule has 126 valence electrons. The third-order valence-electron chi connectivity index (χ3n) is 4.05. The van der Waals surface area contributed by atoms with Gasteiger partial charge in [-0.05, 0) is 58.2 Å². The van der Waals surface area contributed by atoms with Crippen molar-refractivity contribution in [3.63, 3.8) is 0 Å². The van der Waals surface area contributed by atoms with Crippen LogP contribution in [0.2, 0.25) is 0 Å². The fourth-order valence-electron chi connectivity index (χ4n) is 2.81. The second-order valence-corrected chi connectivity index (χ2v) is 7.12. The minimum absolute atomic E-state index is 0.595. The molecule has 0 saturated heterocycles. The Bertz CT molecular complexity index is 607. The van der Waals surface area contributed by atoms with E-state index in [1.54, 1.807) is 27.7 Å². The van der Waals surface area contributed by atoms with E-state index in [0.717, 1.165) is 31.4 Å². The Kier molecular flexibility index (Phi) is 4.68. The maximum atomic E-state index is 12.0. The lowest BCUT2D eigenvalue weighted by atomic mass is 9.91. The number of nitrogens with zero attached hydrogens (tertiary/aromatic N) is 1. The van der Waals surface area contributed by atoms with Gasteiger partial charge in [0, 0.05) is 18.8 Å². The first-order valence-corrected chi connectivity index (χ1v) is 8.04. The highest BCUT2D eigenvalue weighted by atomic mass is 16.6. The molecule has 2 rings (SSSR count). The zero-order chi connectivity index (χ0) is 17.3. The highest BCUT2D eigenvalue weighted by Gasteiger charge is 2.32. The zero-order valence-electron chi connectivity index (χ0n) is 14.6. The predicted octanol–water partition coefficient (Wildman–Crippen LogP) is 3.01. The Morgan fingerprint density at radius 2 is 2.04 bits per heavy atom. The monoisotopic (exact) mass is 318 g/mol. The van der Waals surface area contributed by atoms with Gasteiger partial charge >= 0.3 is 6.09 Å². The second-order valence-electron chi connectivity index (χ2n) is 7.12. The van der Waals surface area contributed by atoms with Gasteiger partial charge in [-0.25, -0.2) is 4.79 Å². The van der Waals surface area contributed by atoms with Crippen molar-refractivity contribution in [2.24, 2.45) is 0 Å². The Labute approximate surface area is 138 Å². The van der Waals surface area contributed by atoms with Crippen molar-refractivity contribution >= 4 is 18.1 Å². The van der Waals surface area contributed by atoms with E-state index in [1.165, 1.54) is 11.3 Å². The van der Waals surface area contributed by atoms with Gasteiger partial charge < -0.3 is 19.7 Å². The van der Waals surface area contributed by atoms with E-state index in [0.29, 0.717) is 0 Å². The number of carbonyl (C=O) groups is 2. The fraction of sp³-hybridized carbons (Fsp3) is 0.556. The van der Waals surface area contributed by atoms with Gasteiger partial charge in [0.05, 0.1) is 0 Å². The summed E-state index contributed by atoms with van der Waals surface area (Å²) in [5.41, 5.74) is 1.49. The van der Waals surface area contributed by atoms with Gasteiger partial charge in [-0.2, -0.15) is 0 Å². The summed E-state index contributed by atoms with van der Waals surface area (Å²) in [7, 11) is 0. The van der Waals surface area contributed by atoms with Gasteiger partial charge in [-0.3, -0.25) is 0 Å². The Balaban J connectivity index is 2.23. The van der Waals surface area contributed by atoms with Gasteiger partial charge in [0.1, 0.15) is 17.4 Å². The molecule has 23 heavy (non-hydrogen) atoms. The smallest absolute Gasteiger partial charge is 0.408 e. The molecular weight excluding hydrogens is 292 g/mol. The molecule has 1 unspecified atom stereocenters. The summed E-state index contributed by atoms with van der Waals surface area (Å²) in [6.07, 6.45) is 1.12. The zero-order valence-corrected chi connectivity index (χ0v) is 14.6. The van der Waals surface area contributed by atoms with Crippen LogP contribution in [0.25, 0.3) is 0 Å². The molecule has 0 saturated carbocycles. The van der Waals surface area contributed by atoms with E-state index in [4.69, 9.17) is 4.74 Å². The summed E-state index contributed by atoms with van der Waals surface area (Å²) in [4.78, 5) is 26.0. The van der Waals surface area contributed by atoms with E-state index < -0.39 is 17.2 Å². The van der Waals surface area contributed by atoms with Crippen LogP contribution in [-0.4, -0.2) is 31.1 Å². The van der Waals surface area contributed by atoms with Gasteiger partial charge in [-0.15, -0.1) is 0 Å². The van der Waals surface area contributed by atoms with Crippen molar-refractivity contribution in [2.45, 2.75) is 52.2 Å². The number of aldehydes is 1. The number of hydrogen-bond acceptors (Lipinski definition) is 4. The maximum absolute atomic E-state index is 12.0. The minimum Gasteiger partial charge on any atom is -0.444 e. The fourth-order valence-corrected chi connectivity index (χ4v) is 2.81. The SMILES string of the molecule is CCN1CCc2cc(C(C)(C=O)NC(=O)OC(C)(C)C)ccc21. The van der Waals surface area contributed by atoms with Crippen LogP contribution in [0.3, 0.4) is 0 Å². The van der Waals surface area contributed by atoms with E-state index in [2.05, 4.69) is 17.1 Å². The van der Waals surface area contributed by atoms with Crippen LogP contribution in [0, 0.1) is 0 Å². The second kappa shape index (κ2) is 6.22. The molecule has 0 bridgehead atoms. The summed E-state index contributed by atoms with van der Waals surface area (Å²) in [6, 6.07) is 5.94. The molecule has 1 amide bonds. The van der Waals surface area contributed by atoms with E-state index >= 15 is 0 Å². The average Bonchev–Trinajstić information content (AvgIpc) is 2.87. The molecule has 1 atom stereocenters. The van der Waals surface area contributed by atoms with Crippen molar-refractivity contribution in [1.29, 1.82) is 0 Å². The minimum atomic E-state index is -1.10. The summed E-state index contributed by atoms with van der Waals surface area (Å²) >= 11 is 0. The van der Waals surface area contributed by atoms with Crippen LogP contribution in [0.1, 0.15) is 45.7 Å². The molecule has 5 nitrogen and oxygen atoms in total. The molecule has 0 aliphatic carbocycles. The standard InChI is InChI=1S/C18H26N2O3/c1-6-20-10-9-13-11-14(7-8-15(13)20)18(5,12-21)19-16(22)23-17(2,3)4/h7-8,11-12H,6,9-10H2,1-5H3,(H,19,22). The number of hydrogen-bond donors (Lipinski definition) is 1. The lowest BCUT2D eigenvalue weighted by Gasteiger charge is -2.28.